The number of carboxylic acids is 2. The van der Waals surface area contributed by atoms with Crippen molar-refractivity contribution in [2.45, 2.75) is 174 Å². The number of Topliss-reactive ketones (excluding diaryl/α,β-unsaturated/α-hetero) is 1. The Balaban J connectivity index is 0.000000752. The van der Waals surface area contributed by atoms with Crippen LogP contribution in [0.2, 0.25) is 0 Å². The maximum atomic E-state index is 13.7. The van der Waals surface area contributed by atoms with E-state index in [1.165, 1.54) is 126 Å². The third-order valence-corrected chi connectivity index (χ3v) is 22.4. The van der Waals surface area contributed by atoms with Crippen molar-refractivity contribution in [2.75, 3.05) is 28.4 Å². The second-order valence-corrected chi connectivity index (χ2v) is 30.4. The molecule has 724 valence electrons. The zero-order valence-corrected chi connectivity index (χ0v) is 78.7. The van der Waals surface area contributed by atoms with Gasteiger partial charge in [0.05, 0.1) is 77.5 Å². The topological polar surface area (TPSA) is 261 Å². The van der Waals surface area contributed by atoms with Gasteiger partial charge in [-0.3, -0.25) is 28.8 Å². The fourth-order valence-electron chi connectivity index (χ4n) is 14.1. The average Bonchev–Trinajstić information content (AvgIpc) is 1.66. The van der Waals surface area contributed by atoms with Crippen molar-refractivity contribution in [2.24, 2.45) is 0 Å². The molecule has 0 saturated heterocycles. The Morgan fingerprint density at radius 3 is 1.08 bits per heavy atom. The van der Waals surface area contributed by atoms with E-state index in [0.29, 0.717) is 69.1 Å². The zero-order chi connectivity index (χ0) is 98.6. The van der Waals surface area contributed by atoms with Crippen molar-refractivity contribution in [3.05, 3.63) is 326 Å². The molecule has 0 amide bonds. The zero-order valence-electron chi connectivity index (χ0n) is 74.1. The summed E-state index contributed by atoms with van der Waals surface area (Å²) in [5.74, 6) is -20.9. The number of nitriles is 1. The van der Waals surface area contributed by atoms with Crippen LogP contribution >= 0.6 is 56.4 Å². The van der Waals surface area contributed by atoms with Gasteiger partial charge in [0, 0.05) is 23.7 Å². The number of carbonyl (C=O) groups is 7. The van der Waals surface area contributed by atoms with Gasteiger partial charge in [0.2, 0.25) is 0 Å². The highest BCUT2D eigenvalue weighted by molar-refractivity contribution is 9.08. The summed E-state index contributed by atoms with van der Waals surface area (Å²) in [7, 11) is 5.03. The second-order valence-electron chi connectivity index (χ2n) is 29.8. The fourth-order valence-corrected chi connectivity index (χ4v) is 14.7. The molecule has 3 aliphatic rings. The summed E-state index contributed by atoms with van der Waals surface area (Å²) in [6.07, 6.45) is 3.69. The van der Waals surface area contributed by atoms with Crippen molar-refractivity contribution in [1.82, 2.24) is 0 Å². The maximum Gasteiger partial charge on any atom is 0.336 e. The summed E-state index contributed by atoms with van der Waals surface area (Å²) in [5, 5.41) is 44.2. The second kappa shape index (κ2) is 54.3. The Hall–Kier alpha value is -11.1. The summed E-state index contributed by atoms with van der Waals surface area (Å²) < 4.78 is 252. The van der Waals surface area contributed by atoms with Gasteiger partial charge < -0.3 is 39.4 Å². The number of hydrogen-bond acceptors (Lipinski definition) is 14. The smallest absolute Gasteiger partial charge is 0.336 e. The number of ether oxygens (including phenoxy) is 4. The van der Waals surface area contributed by atoms with E-state index in [1.807, 2.05) is 13.0 Å². The number of aliphatic carboxylic acids is 1. The van der Waals surface area contributed by atoms with Crippen LogP contribution in [0.4, 0.5) is 79.0 Å². The van der Waals surface area contributed by atoms with Gasteiger partial charge >= 0.3 is 35.8 Å². The van der Waals surface area contributed by atoms with Gasteiger partial charge in [-0.15, -0.1) is 0 Å². The highest BCUT2D eigenvalue weighted by Gasteiger charge is 2.50. The molecule has 0 radical (unpaired) electrons. The molecule has 4 N–H and O–H groups in total. The highest BCUT2D eigenvalue weighted by atomic mass is 79.9. The molecule has 2 fully saturated rings. The Kier molecular flexibility index (Phi) is 48.9. The number of hydrogen-bond donors (Lipinski definition) is 4. The largest absolute Gasteiger partial charge is 0.481 e. The summed E-state index contributed by atoms with van der Waals surface area (Å²) in [4.78, 5) is 79.4. The van der Waals surface area contributed by atoms with Crippen LogP contribution in [0.15, 0.2) is 121 Å². The molecule has 12 rings (SSSR count). The van der Waals surface area contributed by atoms with Crippen molar-refractivity contribution in [1.29, 1.82) is 5.26 Å². The lowest BCUT2D eigenvalue weighted by atomic mass is 9.76. The predicted octanol–water partition coefficient (Wildman–Crippen LogP) is 21.6. The molecule has 2 saturated carbocycles. The minimum Gasteiger partial charge on any atom is -0.481 e. The molecule has 9 aromatic rings. The highest BCUT2D eigenvalue weighted by Crippen LogP contribution is 2.46. The van der Waals surface area contributed by atoms with Gasteiger partial charge in [0.15, 0.2) is 105 Å². The van der Waals surface area contributed by atoms with E-state index in [4.69, 9.17) is 34.8 Å². The molecule has 16 nitrogen and oxygen atoms in total. The van der Waals surface area contributed by atoms with Crippen LogP contribution in [-0.2, 0) is 95.2 Å². The number of rotatable bonds is 14. The van der Waals surface area contributed by atoms with Crippen LogP contribution in [0, 0.1) is 178 Å². The van der Waals surface area contributed by atoms with E-state index >= 15 is 0 Å². The van der Waals surface area contributed by atoms with Gasteiger partial charge in [-0.25, -0.2) is 83.8 Å². The summed E-state index contributed by atoms with van der Waals surface area (Å²) in [6, 6.07) is 23.1. The molecule has 0 aliphatic heterocycles. The van der Waals surface area contributed by atoms with E-state index < -0.39 is 163 Å². The Morgan fingerprint density at radius 2 is 0.737 bits per heavy atom. The standard InChI is InChI=1S/C15H16F2O2.C14H16F2O3.C14H14F2O3.C10H10F2O2.C9H7F2N.C9H8F2O2.C8H7BrF2.C8H6F2O2.C8H8F2O.3H2S/c1-9-6-7-15(8-9,14(18)19-3)11-4-5-12(16)13(17)10(11)2;2*1-8-10(3-4-11(15)12(8)16)14(13(18)19-2)6-5-9(17)7-14;1-6-7(5-9(13)14-2)3-4-8(11)10(6)12;1-6-7(4-5-12)2-3-8(10)9(6)11;1-5-6(4-8(12)13)2-3-7(10)9(5)11;1-5-6(4-9)2-3-7(10)8(5)11;1-4-5(8(11)12)2-3-6(9)7(4)10;1-5-6(4-11)2-3-7(9)8(5)10;;;/h4-5,8H,6-7H2,1-3H3;3-4,9,17H,5-7H2,1-2H3;3-4H,5-7H2,1-2H3;3-4H,5H2,1-2H3;2-3H,4H2,1H3;2-3H,4H2,1H3,(H,12,13);2-3H,4H2,1H3;2-3H,1H3,(H,11,12);2-3,11H,4H2,1H3;3*1H2/t15-;9-,14?;14-;;;;;;;;;/m000........./s1. The predicted molar refractivity (Wildman–Crippen MR) is 476 cm³/mol. The van der Waals surface area contributed by atoms with E-state index in [1.54, 1.807) is 19.1 Å². The number of carbonyl (C=O) groups excluding carboxylic acids is 5. The third-order valence-electron chi connectivity index (χ3n) is 21.8. The Labute approximate surface area is 785 Å². The fraction of sp³-hybridized carbons (Fsp3) is 0.326. The number of allylic oxidation sites excluding steroid dienone is 1. The lowest BCUT2D eigenvalue weighted by molar-refractivity contribution is -0.148. The van der Waals surface area contributed by atoms with Crippen molar-refractivity contribution >= 4 is 98.0 Å². The van der Waals surface area contributed by atoms with Crippen molar-refractivity contribution in [3.63, 3.8) is 0 Å². The molecule has 3 aliphatic carbocycles. The number of aromatic carboxylic acids is 1. The molecule has 38 heteroatoms. The first-order valence-corrected chi connectivity index (χ1v) is 40.2. The van der Waals surface area contributed by atoms with Gasteiger partial charge in [0.25, 0.3) is 0 Å². The average molecular weight is 2010 g/mol. The van der Waals surface area contributed by atoms with Gasteiger partial charge in [-0.2, -0.15) is 45.7 Å². The van der Waals surface area contributed by atoms with E-state index in [2.05, 4.69) is 20.7 Å². The minimum atomic E-state index is -1.26. The number of benzene rings is 9. The summed E-state index contributed by atoms with van der Waals surface area (Å²) in [5.41, 5.74) is 2.40. The molecule has 0 heterocycles. The first-order chi connectivity index (χ1) is 60.9. The van der Waals surface area contributed by atoms with Gasteiger partial charge in [0.1, 0.15) is 16.6 Å². The summed E-state index contributed by atoms with van der Waals surface area (Å²) in [6.45, 7) is 14.5. The van der Waals surface area contributed by atoms with E-state index in [0.717, 1.165) is 78.2 Å². The van der Waals surface area contributed by atoms with Crippen LogP contribution in [-0.4, -0.2) is 96.6 Å². The summed E-state index contributed by atoms with van der Waals surface area (Å²) >= 11 is 3.18. The van der Waals surface area contributed by atoms with Crippen LogP contribution in [0.25, 0.3) is 0 Å². The van der Waals surface area contributed by atoms with Crippen molar-refractivity contribution in [3.8, 4) is 6.07 Å². The molecule has 4 atom stereocenters. The number of carboxylic acid groups (broad SMARTS) is 2. The number of ketones is 1. The van der Waals surface area contributed by atoms with Crippen LogP contribution < -0.4 is 0 Å². The Morgan fingerprint density at radius 1 is 0.406 bits per heavy atom. The molecule has 133 heavy (non-hydrogen) atoms. The molecule has 0 spiro atoms. The number of aliphatic hydroxyl groups excluding tert-OH is 2. The number of methoxy groups -OCH3 is 4. The van der Waals surface area contributed by atoms with Crippen molar-refractivity contribution < 1.29 is 152 Å². The SMILES string of the molecule is COC(=O)C1(c2ccc(F)c(F)c2C)CC[C@H](O)C1.COC(=O)Cc1ccc(F)c(F)c1C.COC(=O)[C@@]1(c2ccc(F)c(F)c2C)CCC(=O)C1.COC(=O)[C@]1(c2ccc(F)c(F)c2C)C=C(C)CC1.Cc1c(C(=O)O)ccc(F)c1F.Cc1c(CBr)ccc(F)c1F.Cc1c(CC#N)ccc(F)c1F.Cc1c(CC(=O)O)ccc(F)c1F.Cc1c(CO)ccc(F)c1F.S.S.S. The third kappa shape index (κ3) is 30.2. The number of nitrogens with zero attached hydrogens (tertiary/aromatic N) is 1. The molecule has 1 unspecified atom stereocenters. The number of aliphatic hydroxyl groups is 2. The van der Waals surface area contributed by atoms with E-state index in [9.17, 15) is 118 Å². The molecule has 0 aromatic heterocycles. The van der Waals surface area contributed by atoms with Gasteiger partial charge in [-0.05, 0) is 257 Å². The lowest BCUT2D eigenvalue weighted by Gasteiger charge is -2.28. The normalized spacial score (nSPS) is 15.7. The van der Waals surface area contributed by atoms with Crippen LogP contribution in [0.3, 0.4) is 0 Å². The monoisotopic (exact) mass is 2010 g/mol. The molecule has 9 aromatic carbocycles. The molecular formula is C95H98BrF18NO15S3. The first kappa shape index (κ1) is 120. The maximum absolute atomic E-state index is 13.7. The lowest BCUT2D eigenvalue weighted by Crippen LogP contribution is -2.36. The molecular weight excluding hydrogens is 1910 g/mol. The Bertz CT molecular complexity index is 5690. The number of halogens is 19. The molecule has 0 bridgehead atoms. The quantitative estimate of drug-likeness (QED) is 0.0259. The van der Waals surface area contributed by atoms with Crippen LogP contribution in [0.1, 0.15) is 163 Å². The van der Waals surface area contributed by atoms with E-state index in [-0.39, 0.29) is 148 Å². The minimum absolute atomic E-state index is 0. The number of alkyl halides is 1. The van der Waals surface area contributed by atoms with Crippen LogP contribution in [0.5, 0.6) is 0 Å². The first-order valence-electron chi connectivity index (χ1n) is 39.0. The van der Waals surface area contributed by atoms with Gasteiger partial charge in [-0.1, -0.05) is 76.1 Å². The number of esters is 4.